The van der Waals surface area contributed by atoms with Crippen LogP contribution in [0.25, 0.3) is 11.3 Å². The third kappa shape index (κ3) is 3.17. The number of ether oxygens (including phenoxy) is 1. The number of aromatic nitrogens is 2. The number of benzene rings is 3. The summed E-state index contributed by atoms with van der Waals surface area (Å²) in [7, 11) is 1.61. The van der Waals surface area contributed by atoms with E-state index in [1.54, 1.807) is 24.1 Å². The highest BCUT2D eigenvalue weighted by molar-refractivity contribution is 6.11. The van der Waals surface area contributed by atoms with Gasteiger partial charge in [0.1, 0.15) is 17.3 Å². The molecule has 0 unspecified atom stereocenters. The lowest BCUT2D eigenvalue weighted by molar-refractivity contribution is 0.0988. The van der Waals surface area contributed by atoms with Crippen LogP contribution in [0.3, 0.4) is 0 Å². The molecule has 2 heterocycles. The number of anilines is 1. The Bertz CT molecular complexity index is 1250. The maximum Gasteiger partial charge on any atom is 0.277 e. The van der Waals surface area contributed by atoms with Crippen molar-refractivity contribution in [2.45, 2.75) is 13.0 Å². The number of hydrogen-bond acceptors (Lipinski definition) is 3. The van der Waals surface area contributed by atoms with Crippen molar-refractivity contribution in [1.29, 1.82) is 0 Å². The van der Waals surface area contributed by atoms with Crippen molar-refractivity contribution in [1.82, 2.24) is 10.2 Å². The van der Waals surface area contributed by atoms with E-state index in [4.69, 9.17) is 4.74 Å². The number of amides is 1. The molecule has 1 atom stereocenters. The topological polar surface area (TPSA) is 58.2 Å². The van der Waals surface area contributed by atoms with Crippen molar-refractivity contribution in [2.24, 2.45) is 0 Å². The van der Waals surface area contributed by atoms with Gasteiger partial charge in [-0.2, -0.15) is 5.10 Å². The lowest BCUT2D eigenvalue weighted by atomic mass is 9.95. The highest BCUT2D eigenvalue weighted by atomic mass is 19.1. The molecule has 0 fully saturated rings. The molecule has 4 aromatic rings. The monoisotopic (exact) mass is 413 g/mol. The first kappa shape index (κ1) is 19.1. The molecule has 1 aliphatic rings. The Kier molecular flexibility index (Phi) is 4.55. The van der Waals surface area contributed by atoms with Crippen molar-refractivity contribution >= 4 is 11.6 Å². The number of halogens is 1. The minimum atomic E-state index is -0.408. The Morgan fingerprint density at radius 1 is 0.968 bits per heavy atom. The van der Waals surface area contributed by atoms with Gasteiger partial charge >= 0.3 is 0 Å². The second-order valence-electron chi connectivity index (χ2n) is 7.55. The predicted molar refractivity (Wildman–Crippen MR) is 117 cm³/mol. The van der Waals surface area contributed by atoms with E-state index < -0.39 is 6.04 Å². The van der Waals surface area contributed by atoms with E-state index in [2.05, 4.69) is 10.2 Å². The normalized spacial score (nSPS) is 15.3. The van der Waals surface area contributed by atoms with Gasteiger partial charge in [0.15, 0.2) is 0 Å². The molecule has 0 bridgehead atoms. The molecule has 5 nitrogen and oxygen atoms in total. The van der Waals surface area contributed by atoms with E-state index in [1.165, 1.54) is 12.1 Å². The molecule has 0 saturated heterocycles. The van der Waals surface area contributed by atoms with Crippen LogP contribution in [-0.2, 0) is 0 Å². The minimum Gasteiger partial charge on any atom is -0.497 e. The molecule has 1 amide bonds. The molecular formula is C25H20FN3O2. The van der Waals surface area contributed by atoms with Crippen molar-refractivity contribution in [3.8, 4) is 17.0 Å². The van der Waals surface area contributed by atoms with Crippen molar-refractivity contribution in [3.05, 3.63) is 101 Å². The molecule has 1 N–H and O–H groups in total. The number of nitrogens with zero attached hydrogens (tertiary/aromatic N) is 2. The summed E-state index contributed by atoms with van der Waals surface area (Å²) in [5, 5.41) is 7.43. The number of hydrogen-bond donors (Lipinski definition) is 1. The summed E-state index contributed by atoms with van der Waals surface area (Å²) < 4.78 is 18.9. The molecule has 0 aliphatic carbocycles. The number of carbonyl (C=O) groups excluding carboxylic acids is 1. The number of rotatable bonds is 4. The molecule has 1 aromatic heterocycles. The van der Waals surface area contributed by atoms with Gasteiger partial charge in [-0.1, -0.05) is 42.0 Å². The Hall–Kier alpha value is -3.93. The summed E-state index contributed by atoms with van der Waals surface area (Å²) in [4.78, 5) is 15.1. The molecule has 1 aliphatic heterocycles. The van der Waals surface area contributed by atoms with Gasteiger partial charge in [0.2, 0.25) is 0 Å². The van der Waals surface area contributed by atoms with E-state index in [9.17, 15) is 9.18 Å². The molecule has 154 valence electrons. The molecular weight excluding hydrogens is 393 g/mol. The van der Waals surface area contributed by atoms with E-state index in [1.807, 2.05) is 55.5 Å². The van der Waals surface area contributed by atoms with Crippen molar-refractivity contribution < 1.29 is 13.9 Å². The largest absolute Gasteiger partial charge is 0.497 e. The van der Waals surface area contributed by atoms with Crippen LogP contribution in [0, 0.1) is 12.7 Å². The Labute approximate surface area is 179 Å². The van der Waals surface area contributed by atoms with E-state index in [0.717, 1.165) is 33.7 Å². The second-order valence-corrected chi connectivity index (χ2v) is 7.55. The number of carbonyl (C=O) groups is 1. The maximum atomic E-state index is 13.6. The second kappa shape index (κ2) is 7.40. The Morgan fingerprint density at radius 2 is 1.65 bits per heavy atom. The smallest absolute Gasteiger partial charge is 0.277 e. The number of H-pyrrole nitrogens is 1. The third-order valence-electron chi connectivity index (χ3n) is 5.63. The summed E-state index contributed by atoms with van der Waals surface area (Å²) in [6.45, 7) is 2.03. The fourth-order valence-corrected chi connectivity index (χ4v) is 4.05. The van der Waals surface area contributed by atoms with E-state index in [-0.39, 0.29) is 11.7 Å². The number of fused-ring (bicyclic) bond motifs is 1. The fourth-order valence-electron chi connectivity index (χ4n) is 4.05. The van der Waals surface area contributed by atoms with E-state index >= 15 is 0 Å². The number of aryl methyl sites for hydroxylation is 1. The zero-order chi connectivity index (χ0) is 21.5. The molecule has 0 spiro atoms. The van der Waals surface area contributed by atoms with Crippen LogP contribution in [0.1, 0.15) is 33.2 Å². The highest BCUT2D eigenvalue weighted by Gasteiger charge is 2.43. The van der Waals surface area contributed by atoms with Gasteiger partial charge in [-0.05, 0) is 48.9 Å². The summed E-state index contributed by atoms with van der Waals surface area (Å²) in [6, 6.07) is 21.2. The molecule has 6 heteroatoms. The van der Waals surface area contributed by atoms with Gasteiger partial charge in [0, 0.05) is 16.8 Å². The average Bonchev–Trinajstić information content (AvgIpc) is 3.34. The van der Waals surface area contributed by atoms with Gasteiger partial charge in [0.05, 0.1) is 18.8 Å². The number of nitrogens with one attached hydrogen (secondary N) is 1. The molecule has 3 aromatic carbocycles. The minimum absolute atomic E-state index is 0.201. The number of methoxy groups -OCH3 is 1. The molecule has 31 heavy (non-hydrogen) atoms. The van der Waals surface area contributed by atoms with Crippen LogP contribution in [-0.4, -0.2) is 23.2 Å². The Balaban J connectivity index is 1.70. The van der Waals surface area contributed by atoms with Crippen LogP contribution in [0.15, 0.2) is 72.8 Å². The Morgan fingerprint density at radius 3 is 2.29 bits per heavy atom. The van der Waals surface area contributed by atoms with Crippen LogP contribution < -0.4 is 9.64 Å². The summed E-state index contributed by atoms with van der Waals surface area (Å²) in [5.74, 6) is 0.179. The van der Waals surface area contributed by atoms with E-state index in [0.29, 0.717) is 11.4 Å². The maximum absolute atomic E-state index is 13.6. The molecule has 5 rings (SSSR count). The van der Waals surface area contributed by atoms with Crippen molar-refractivity contribution in [3.63, 3.8) is 0 Å². The van der Waals surface area contributed by atoms with Crippen LogP contribution in [0.5, 0.6) is 5.75 Å². The zero-order valence-electron chi connectivity index (χ0n) is 17.1. The lowest BCUT2D eigenvalue weighted by Gasteiger charge is -2.26. The first-order chi connectivity index (χ1) is 15.1. The first-order valence-corrected chi connectivity index (χ1v) is 9.95. The van der Waals surface area contributed by atoms with Crippen molar-refractivity contribution in [2.75, 3.05) is 12.0 Å². The van der Waals surface area contributed by atoms with Gasteiger partial charge in [-0.15, -0.1) is 0 Å². The highest BCUT2D eigenvalue weighted by Crippen LogP contribution is 2.45. The van der Waals surface area contributed by atoms with Gasteiger partial charge in [-0.25, -0.2) is 4.39 Å². The SMILES string of the molecule is COc1ccc([C@H]2c3c(-c4ccc(C)cc4)n[nH]c3C(=O)N2c2ccc(F)cc2)cc1. The lowest BCUT2D eigenvalue weighted by Crippen LogP contribution is -2.29. The van der Waals surface area contributed by atoms with Gasteiger partial charge < -0.3 is 4.74 Å². The summed E-state index contributed by atoms with van der Waals surface area (Å²) in [6.07, 6.45) is 0. The van der Waals surface area contributed by atoms with Gasteiger partial charge in [0.25, 0.3) is 5.91 Å². The number of aromatic amines is 1. The summed E-state index contributed by atoms with van der Waals surface area (Å²) in [5.41, 5.74) is 5.58. The van der Waals surface area contributed by atoms with Crippen LogP contribution in [0.2, 0.25) is 0 Å². The molecule has 0 radical (unpaired) electrons. The molecule has 0 saturated carbocycles. The third-order valence-corrected chi connectivity index (χ3v) is 5.63. The van der Waals surface area contributed by atoms with Gasteiger partial charge in [-0.3, -0.25) is 14.8 Å². The predicted octanol–water partition coefficient (Wildman–Crippen LogP) is 5.28. The van der Waals surface area contributed by atoms with Crippen LogP contribution >= 0.6 is 0 Å². The summed E-state index contributed by atoms with van der Waals surface area (Å²) >= 11 is 0. The fraction of sp³-hybridized carbons (Fsp3) is 0.120. The first-order valence-electron chi connectivity index (χ1n) is 9.95. The average molecular weight is 413 g/mol. The standard InChI is InChI=1S/C25H20FN3O2/c1-15-3-5-16(6-4-15)22-21-23(28-27-22)25(30)29(19-11-9-18(26)10-12-19)24(21)17-7-13-20(31-2)14-8-17/h3-14,24H,1-2H3,(H,27,28)/t24-/m0/s1. The van der Waals surface area contributed by atoms with Crippen LogP contribution in [0.4, 0.5) is 10.1 Å². The zero-order valence-corrected chi connectivity index (χ0v) is 17.1. The quantitative estimate of drug-likeness (QED) is 0.495.